The van der Waals surface area contributed by atoms with Gasteiger partial charge in [-0.15, -0.1) is 0 Å². The summed E-state index contributed by atoms with van der Waals surface area (Å²) in [7, 11) is -3.97. The molecule has 1 heterocycles. The van der Waals surface area contributed by atoms with Crippen LogP contribution in [-0.4, -0.2) is 54.5 Å². The highest BCUT2D eigenvalue weighted by Gasteiger charge is 2.40. The number of carbonyl (C=O) groups excluding carboxylic acids is 3. The number of unbranched alkanes of at least 4 members (excludes halogenated alkanes) is 1. The number of halogens is 1. The Kier molecular flexibility index (Phi) is 10.2. The summed E-state index contributed by atoms with van der Waals surface area (Å²) in [4.78, 5) is 41.6. The average molecular weight is 596 g/mol. The summed E-state index contributed by atoms with van der Waals surface area (Å²) in [5.74, 6) is -1.18. The van der Waals surface area contributed by atoms with Crippen molar-refractivity contribution in [2.24, 2.45) is 0 Å². The third-order valence-corrected chi connectivity index (χ3v) is 9.08. The Morgan fingerprint density at radius 2 is 1.66 bits per heavy atom. The van der Waals surface area contributed by atoms with Gasteiger partial charge >= 0.3 is 0 Å². The number of sulfonamides is 1. The maximum absolute atomic E-state index is 13.8. The van der Waals surface area contributed by atoms with E-state index in [4.69, 9.17) is 11.6 Å². The molecule has 0 spiro atoms. The molecule has 3 amide bonds. The second-order valence-electron chi connectivity index (χ2n) is 9.98. The molecule has 0 aliphatic carbocycles. The van der Waals surface area contributed by atoms with Crippen LogP contribution in [0.2, 0.25) is 5.02 Å². The molecule has 10 heteroatoms. The van der Waals surface area contributed by atoms with Gasteiger partial charge in [-0.3, -0.25) is 14.4 Å². The molecule has 1 aliphatic heterocycles. The van der Waals surface area contributed by atoms with Crippen LogP contribution < -0.4 is 5.32 Å². The second kappa shape index (κ2) is 13.8. The van der Waals surface area contributed by atoms with Gasteiger partial charge in [0.25, 0.3) is 15.9 Å². The minimum Gasteiger partial charge on any atom is -0.354 e. The largest absolute Gasteiger partial charge is 0.354 e. The number of nitrogens with zero attached hydrogens (tertiary/aromatic N) is 2. The molecule has 216 valence electrons. The molecule has 0 fully saturated rings. The zero-order valence-corrected chi connectivity index (χ0v) is 24.5. The van der Waals surface area contributed by atoms with Crippen LogP contribution >= 0.6 is 11.6 Å². The lowest BCUT2D eigenvalue weighted by molar-refractivity contribution is -0.141. The molecule has 0 bridgehead atoms. The van der Waals surface area contributed by atoms with E-state index < -0.39 is 22.0 Å². The summed E-state index contributed by atoms with van der Waals surface area (Å²) in [5.41, 5.74) is 1.80. The van der Waals surface area contributed by atoms with Gasteiger partial charge in [0.2, 0.25) is 11.8 Å². The van der Waals surface area contributed by atoms with E-state index in [9.17, 15) is 22.8 Å². The summed E-state index contributed by atoms with van der Waals surface area (Å²) in [6.07, 6.45) is 2.09. The Balaban J connectivity index is 1.56. The van der Waals surface area contributed by atoms with Gasteiger partial charge in [-0.05, 0) is 48.2 Å². The minimum absolute atomic E-state index is 0.0226. The molecule has 0 saturated carbocycles. The van der Waals surface area contributed by atoms with E-state index in [1.165, 1.54) is 17.0 Å². The quantitative estimate of drug-likeness (QED) is 0.285. The second-order valence-corrected chi connectivity index (χ2v) is 12.3. The SMILES string of the molecule is CCCCNC(=O)[C@@H](Cc1ccccc1)N(Cc1cccc(Cl)c1)C(=O)CCCN1C(=O)c2ccccc2S1(=O)=O. The van der Waals surface area contributed by atoms with Crippen molar-refractivity contribution in [1.29, 1.82) is 0 Å². The van der Waals surface area contributed by atoms with Crippen LogP contribution in [0.15, 0.2) is 83.8 Å². The van der Waals surface area contributed by atoms with E-state index in [2.05, 4.69) is 5.32 Å². The van der Waals surface area contributed by atoms with Crippen LogP contribution in [-0.2, 0) is 32.6 Å². The van der Waals surface area contributed by atoms with Crippen molar-refractivity contribution in [2.45, 2.75) is 56.5 Å². The van der Waals surface area contributed by atoms with Crippen molar-refractivity contribution in [3.63, 3.8) is 0 Å². The molecule has 1 aliphatic rings. The molecular weight excluding hydrogens is 562 g/mol. The third kappa shape index (κ3) is 7.34. The van der Waals surface area contributed by atoms with Gasteiger partial charge in [-0.2, -0.15) is 0 Å². The Labute approximate surface area is 246 Å². The zero-order valence-electron chi connectivity index (χ0n) is 23.0. The summed E-state index contributed by atoms with van der Waals surface area (Å²) < 4.78 is 26.7. The number of carbonyl (C=O) groups is 3. The summed E-state index contributed by atoms with van der Waals surface area (Å²) in [5, 5.41) is 3.49. The maximum atomic E-state index is 13.8. The minimum atomic E-state index is -3.97. The van der Waals surface area contributed by atoms with E-state index in [-0.39, 0.29) is 48.2 Å². The number of rotatable bonds is 13. The monoisotopic (exact) mass is 595 g/mol. The first-order chi connectivity index (χ1) is 19.7. The lowest BCUT2D eigenvalue weighted by Crippen LogP contribution is -2.50. The van der Waals surface area contributed by atoms with Gasteiger partial charge < -0.3 is 10.2 Å². The standard InChI is InChI=1S/C31H34ClN3O5S/c1-2-3-18-33-30(37)27(21-23-11-5-4-6-12-23)34(22-24-13-9-14-25(32)20-24)29(36)17-10-19-35-31(38)26-15-7-8-16-28(26)41(35,39)40/h4-9,11-16,20,27H,2-3,10,17-19,21-22H2,1H3,(H,33,37)/t27-/m1/s1. The number of benzene rings is 3. The van der Waals surface area contributed by atoms with Gasteiger partial charge in [0.05, 0.1) is 5.56 Å². The summed E-state index contributed by atoms with van der Waals surface area (Å²) in [6, 6.07) is 21.9. The molecule has 0 saturated heterocycles. The van der Waals surface area contributed by atoms with Gasteiger partial charge in [-0.25, -0.2) is 12.7 Å². The zero-order chi connectivity index (χ0) is 29.4. The van der Waals surface area contributed by atoms with Crippen molar-refractivity contribution in [2.75, 3.05) is 13.1 Å². The molecule has 3 aromatic rings. The lowest BCUT2D eigenvalue weighted by atomic mass is 10.0. The number of hydrogen-bond donors (Lipinski definition) is 1. The van der Waals surface area contributed by atoms with Crippen molar-refractivity contribution in [1.82, 2.24) is 14.5 Å². The highest BCUT2D eigenvalue weighted by molar-refractivity contribution is 7.90. The molecule has 0 aromatic heterocycles. The first-order valence-corrected chi connectivity index (χ1v) is 15.6. The Hall–Kier alpha value is -3.69. The van der Waals surface area contributed by atoms with Crippen LogP contribution in [0, 0.1) is 0 Å². The van der Waals surface area contributed by atoms with Crippen molar-refractivity contribution >= 4 is 39.3 Å². The predicted molar refractivity (Wildman–Crippen MR) is 158 cm³/mol. The van der Waals surface area contributed by atoms with Gasteiger partial charge in [-0.1, -0.05) is 79.5 Å². The number of hydrogen-bond acceptors (Lipinski definition) is 5. The fourth-order valence-corrected chi connectivity index (χ4v) is 6.68. The van der Waals surface area contributed by atoms with Crippen LogP contribution in [0.1, 0.15) is 54.1 Å². The fraction of sp³-hybridized carbons (Fsp3) is 0.323. The maximum Gasteiger partial charge on any atom is 0.269 e. The average Bonchev–Trinajstić information content (AvgIpc) is 3.16. The molecule has 8 nitrogen and oxygen atoms in total. The van der Waals surface area contributed by atoms with Crippen LogP contribution in [0.4, 0.5) is 0 Å². The normalized spacial score (nSPS) is 14.4. The van der Waals surface area contributed by atoms with Crippen molar-refractivity contribution < 1.29 is 22.8 Å². The van der Waals surface area contributed by atoms with Crippen LogP contribution in [0.5, 0.6) is 0 Å². The molecule has 0 unspecified atom stereocenters. The third-order valence-electron chi connectivity index (χ3n) is 7.01. The predicted octanol–water partition coefficient (Wildman–Crippen LogP) is 4.82. The van der Waals surface area contributed by atoms with Crippen LogP contribution in [0.3, 0.4) is 0 Å². The van der Waals surface area contributed by atoms with E-state index in [0.29, 0.717) is 18.0 Å². The van der Waals surface area contributed by atoms with Gasteiger partial charge in [0, 0.05) is 37.5 Å². The summed E-state index contributed by atoms with van der Waals surface area (Å²) >= 11 is 6.22. The van der Waals surface area contributed by atoms with Gasteiger partial charge in [0.15, 0.2) is 0 Å². The van der Waals surface area contributed by atoms with E-state index in [1.54, 1.807) is 30.3 Å². The highest BCUT2D eigenvalue weighted by atomic mass is 35.5. The van der Waals surface area contributed by atoms with Crippen molar-refractivity contribution in [3.05, 3.63) is 101 Å². The number of nitrogens with one attached hydrogen (secondary N) is 1. The lowest BCUT2D eigenvalue weighted by Gasteiger charge is -2.32. The Morgan fingerprint density at radius 1 is 0.951 bits per heavy atom. The molecule has 1 atom stereocenters. The molecule has 1 N–H and O–H groups in total. The molecular formula is C31H34ClN3O5S. The smallest absolute Gasteiger partial charge is 0.269 e. The van der Waals surface area contributed by atoms with Gasteiger partial charge in [0.1, 0.15) is 10.9 Å². The topological polar surface area (TPSA) is 104 Å². The fourth-order valence-electron chi connectivity index (χ4n) is 4.86. The molecule has 3 aromatic carbocycles. The first-order valence-electron chi connectivity index (χ1n) is 13.7. The summed E-state index contributed by atoms with van der Waals surface area (Å²) in [6.45, 7) is 2.53. The van der Waals surface area contributed by atoms with E-state index in [0.717, 1.165) is 28.3 Å². The Bertz CT molecular complexity index is 1500. The van der Waals surface area contributed by atoms with Crippen molar-refractivity contribution in [3.8, 4) is 0 Å². The highest BCUT2D eigenvalue weighted by Crippen LogP contribution is 2.30. The molecule has 41 heavy (non-hydrogen) atoms. The first kappa shape index (κ1) is 30.3. The number of amides is 3. The van der Waals surface area contributed by atoms with E-state index in [1.807, 2.05) is 43.3 Å². The Morgan fingerprint density at radius 3 is 2.37 bits per heavy atom. The molecule has 4 rings (SSSR count). The van der Waals surface area contributed by atoms with Crippen LogP contribution in [0.25, 0.3) is 0 Å². The van der Waals surface area contributed by atoms with E-state index >= 15 is 0 Å². The molecule has 0 radical (unpaired) electrons. The number of fused-ring (bicyclic) bond motifs is 1.